The zero-order valence-corrected chi connectivity index (χ0v) is 11.0. The van der Waals surface area contributed by atoms with Gasteiger partial charge in [-0.2, -0.15) is 0 Å². The zero-order chi connectivity index (χ0) is 14.0. The Morgan fingerprint density at radius 3 is 2.74 bits per heavy atom. The van der Waals surface area contributed by atoms with Gasteiger partial charge < -0.3 is 9.64 Å². The SMILES string of the molecule is CCC(C)Oc1cccc(C(=O)N2CC(F)(F)C2)c1. The molecule has 1 fully saturated rings. The maximum atomic E-state index is 12.7. The summed E-state index contributed by atoms with van der Waals surface area (Å²) < 4.78 is 31.1. The van der Waals surface area contributed by atoms with Gasteiger partial charge in [0.2, 0.25) is 0 Å². The molecule has 0 saturated carbocycles. The largest absolute Gasteiger partial charge is 0.491 e. The van der Waals surface area contributed by atoms with Gasteiger partial charge >= 0.3 is 0 Å². The van der Waals surface area contributed by atoms with Crippen molar-refractivity contribution in [1.82, 2.24) is 4.90 Å². The minimum absolute atomic E-state index is 0.0543. The molecule has 1 aromatic carbocycles. The second-order valence-electron chi connectivity index (χ2n) is 4.88. The molecule has 1 aliphatic heterocycles. The van der Waals surface area contributed by atoms with Gasteiger partial charge in [0, 0.05) is 5.56 Å². The Labute approximate surface area is 111 Å². The van der Waals surface area contributed by atoms with Crippen LogP contribution < -0.4 is 4.74 Å². The number of alkyl halides is 2. The van der Waals surface area contributed by atoms with Crippen LogP contribution >= 0.6 is 0 Å². The fourth-order valence-corrected chi connectivity index (χ4v) is 1.86. The molecule has 19 heavy (non-hydrogen) atoms. The van der Waals surface area contributed by atoms with E-state index in [1.807, 2.05) is 13.8 Å². The van der Waals surface area contributed by atoms with Gasteiger partial charge in [0.1, 0.15) is 5.75 Å². The third kappa shape index (κ3) is 3.22. The van der Waals surface area contributed by atoms with E-state index in [1.54, 1.807) is 24.3 Å². The van der Waals surface area contributed by atoms with E-state index in [0.717, 1.165) is 11.3 Å². The number of nitrogens with zero attached hydrogens (tertiary/aromatic N) is 1. The molecule has 0 radical (unpaired) electrons. The van der Waals surface area contributed by atoms with E-state index in [0.29, 0.717) is 11.3 Å². The molecule has 1 amide bonds. The average molecular weight is 269 g/mol. The molecule has 0 aliphatic carbocycles. The number of carbonyl (C=O) groups is 1. The standard InChI is InChI=1S/C14H17F2NO2/c1-3-10(2)19-12-6-4-5-11(7-12)13(18)17-8-14(15,16)9-17/h4-7,10H,3,8-9H2,1-2H3. The number of carbonyl (C=O) groups excluding carboxylic acids is 1. The second kappa shape index (κ2) is 5.15. The second-order valence-corrected chi connectivity index (χ2v) is 4.88. The Hall–Kier alpha value is -1.65. The molecular weight excluding hydrogens is 252 g/mol. The van der Waals surface area contributed by atoms with Gasteiger partial charge in [-0.3, -0.25) is 4.79 Å². The van der Waals surface area contributed by atoms with Gasteiger partial charge in [0.05, 0.1) is 19.2 Å². The van der Waals surface area contributed by atoms with Gasteiger partial charge in [-0.1, -0.05) is 13.0 Å². The van der Waals surface area contributed by atoms with Crippen molar-refractivity contribution in [3.8, 4) is 5.75 Å². The lowest BCUT2D eigenvalue weighted by molar-refractivity contribution is -0.113. The summed E-state index contributed by atoms with van der Waals surface area (Å²) in [5.74, 6) is -2.52. The van der Waals surface area contributed by atoms with Crippen LogP contribution in [0.15, 0.2) is 24.3 Å². The van der Waals surface area contributed by atoms with E-state index in [4.69, 9.17) is 4.74 Å². The van der Waals surface area contributed by atoms with Crippen LogP contribution in [0.4, 0.5) is 8.78 Å². The van der Waals surface area contributed by atoms with Gasteiger partial charge in [0.15, 0.2) is 0 Å². The molecule has 0 aromatic heterocycles. The summed E-state index contributed by atoms with van der Waals surface area (Å²) in [5, 5.41) is 0. The quantitative estimate of drug-likeness (QED) is 0.841. The smallest absolute Gasteiger partial charge is 0.282 e. The molecule has 5 heteroatoms. The van der Waals surface area contributed by atoms with Crippen molar-refractivity contribution < 1.29 is 18.3 Å². The monoisotopic (exact) mass is 269 g/mol. The number of amides is 1. The van der Waals surface area contributed by atoms with Crippen LogP contribution in [0.5, 0.6) is 5.75 Å². The fraction of sp³-hybridized carbons (Fsp3) is 0.500. The van der Waals surface area contributed by atoms with E-state index >= 15 is 0 Å². The molecule has 3 nitrogen and oxygen atoms in total. The predicted molar refractivity (Wildman–Crippen MR) is 67.7 cm³/mol. The summed E-state index contributed by atoms with van der Waals surface area (Å²) in [4.78, 5) is 13.1. The molecule has 0 N–H and O–H groups in total. The lowest BCUT2D eigenvalue weighted by Crippen LogP contribution is -2.58. The van der Waals surface area contributed by atoms with Gasteiger partial charge in [-0.15, -0.1) is 0 Å². The maximum absolute atomic E-state index is 12.7. The van der Waals surface area contributed by atoms with Crippen molar-refractivity contribution in [1.29, 1.82) is 0 Å². The van der Waals surface area contributed by atoms with Gasteiger partial charge in [-0.25, -0.2) is 8.78 Å². The first kappa shape index (κ1) is 13.8. The number of rotatable bonds is 4. The first-order valence-electron chi connectivity index (χ1n) is 6.35. The molecule has 1 atom stereocenters. The summed E-state index contributed by atoms with van der Waals surface area (Å²) >= 11 is 0. The minimum Gasteiger partial charge on any atom is -0.491 e. The zero-order valence-electron chi connectivity index (χ0n) is 11.0. The number of benzene rings is 1. The first-order valence-corrected chi connectivity index (χ1v) is 6.35. The Bertz CT molecular complexity index is 468. The van der Waals surface area contributed by atoms with E-state index in [2.05, 4.69) is 0 Å². The molecule has 1 aliphatic rings. The Balaban J connectivity index is 2.04. The summed E-state index contributed by atoms with van der Waals surface area (Å²) in [7, 11) is 0. The van der Waals surface area contributed by atoms with E-state index in [1.165, 1.54) is 0 Å². The van der Waals surface area contributed by atoms with Crippen LogP contribution in [-0.2, 0) is 0 Å². The number of likely N-dealkylation sites (tertiary alicyclic amines) is 1. The van der Waals surface area contributed by atoms with Crippen molar-refractivity contribution in [3.05, 3.63) is 29.8 Å². The molecule has 2 rings (SSSR count). The Kier molecular flexibility index (Phi) is 3.73. The molecule has 1 saturated heterocycles. The van der Waals surface area contributed by atoms with Crippen LogP contribution in [0.3, 0.4) is 0 Å². The lowest BCUT2D eigenvalue weighted by Gasteiger charge is -2.38. The van der Waals surface area contributed by atoms with Gasteiger partial charge in [-0.05, 0) is 31.5 Å². The highest BCUT2D eigenvalue weighted by atomic mass is 19.3. The summed E-state index contributed by atoms with van der Waals surface area (Å²) in [6.07, 6.45) is 0.912. The third-order valence-corrected chi connectivity index (χ3v) is 3.12. The maximum Gasteiger partial charge on any atom is 0.282 e. The predicted octanol–water partition coefficient (Wildman–Crippen LogP) is 2.96. The molecule has 0 spiro atoms. The van der Waals surface area contributed by atoms with Gasteiger partial charge in [0.25, 0.3) is 11.8 Å². The molecule has 1 aromatic rings. The topological polar surface area (TPSA) is 29.5 Å². The van der Waals surface area contributed by atoms with E-state index in [9.17, 15) is 13.6 Å². The average Bonchev–Trinajstić information content (AvgIpc) is 2.35. The van der Waals surface area contributed by atoms with Crippen LogP contribution in [-0.4, -0.2) is 35.9 Å². The number of hydrogen-bond acceptors (Lipinski definition) is 2. The third-order valence-electron chi connectivity index (χ3n) is 3.12. The highest BCUT2D eigenvalue weighted by Gasteiger charge is 2.46. The van der Waals surface area contributed by atoms with Crippen molar-refractivity contribution in [2.45, 2.75) is 32.3 Å². The molecule has 1 unspecified atom stereocenters. The highest BCUT2D eigenvalue weighted by molar-refractivity contribution is 5.95. The van der Waals surface area contributed by atoms with Crippen molar-refractivity contribution in [3.63, 3.8) is 0 Å². The Morgan fingerprint density at radius 1 is 1.47 bits per heavy atom. The first-order chi connectivity index (χ1) is 8.91. The van der Waals surface area contributed by atoms with Crippen LogP contribution in [0.25, 0.3) is 0 Å². The summed E-state index contributed by atoms with van der Waals surface area (Å²) in [6, 6.07) is 6.67. The highest BCUT2D eigenvalue weighted by Crippen LogP contribution is 2.28. The number of ether oxygens (including phenoxy) is 1. The van der Waals surface area contributed by atoms with Crippen LogP contribution in [0.1, 0.15) is 30.6 Å². The number of hydrogen-bond donors (Lipinski definition) is 0. The Morgan fingerprint density at radius 2 is 2.16 bits per heavy atom. The minimum atomic E-state index is -2.74. The molecule has 104 valence electrons. The molecule has 1 heterocycles. The van der Waals surface area contributed by atoms with Crippen molar-refractivity contribution >= 4 is 5.91 Å². The summed E-state index contributed by atoms with van der Waals surface area (Å²) in [5.41, 5.74) is 0.385. The fourth-order valence-electron chi connectivity index (χ4n) is 1.86. The van der Waals surface area contributed by atoms with E-state index in [-0.39, 0.29) is 12.0 Å². The molecular formula is C14H17F2NO2. The lowest BCUT2D eigenvalue weighted by atomic mass is 10.1. The van der Waals surface area contributed by atoms with Crippen LogP contribution in [0, 0.1) is 0 Å². The van der Waals surface area contributed by atoms with E-state index < -0.39 is 19.0 Å². The molecule has 0 bridgehead atoms. The normalized spacial score (nSPS) is 18.6. The summed E-state index contributed by atoms with van der Waals surface area (Å²) in [6.45, 7) is 2.94. The number of halogens is 2. The van der Waals surface area contributed by atoms with Crippen molar-refractivity contribution in [2.75, 3.05) is 13.1 Å². The van der Waals surface area contributed by atoms with Crippen molar-refractivity contribution in [2.24, 2.45) is 0 Å². The van der Waals surface area contributed by atoms with Crippen LogP contribution in [0.2, 0.25) is 0 Å².